The second-order valence-corrected chi connectivity index (χ2v) is 4.84. The Morgan fingerprint density at radius 1 is 1.17 bits per heavy atom. The Morgan fingerprint density at radius 2 is 1.83 bits per heavy atom. The Kier molecular flexibility index (Phi) is 4.06. The monoisotopic (exact) mass is 251 g/mol. The largest absolute Gasteiger partial charge is 0.504 e. The molecule has 1 aromatic rings. The molecule has 0 aliphatic carbocycles. The Hall–Kier alpha value is -1.30. The summed E-state index contributed by atoms with van der Waals surface area (Å²) in [6.07, 6.45) is 0. The van der Waals surface area contributed by atoms with Gasteiger partial charge in [-0.05, 0) is 24.7 Å². The van der Waals surface area contributed by atoms with Crippen molar-refractivity contribution in [2.75, 3.05) is 39.8 Å². The van der Waals surface area contributed by atoms with Crippen molar-refractivity contribution in [3.05, 3.63) is 23.8 Å². The number of likely N-dealkylation sites (N-methyl/N-ethyl adjacent to an activating group) is 1. The molecular weight excluding hydrogens is 230 g/mol. The molecule has 0 bridgehead atoms. The maximum absolute atomic E-state index is 9.57. The first-order valence-electron chi connectivity index (χ1n) is 6.26. The molecule has 0 saturated carbocycles. The van der Waals surface area contributed by atoms with E-state index in [2.05, 4.69) is 16.8 Å². The lowest BCUT2D eigenvalue weighted by atomic mass is 10.0. The summed E-state index contributed by atoms with van der Waals surface area (Å²) in [7, 11) is 2.11. The van der Waals surface area contributed by atoms with Crippen LogP contribution in [0.2, 0.25) is 0 Å². The van der Waals surface area contributed by atoms with E-state index >= 15 is 0 Å². The molecule has 1 aliphatic rings. The number of aromatic hydroxyl groups is 2. The summed E-state index contributed by atoms with van der Waals surface area (Å²) in [5.74, 6) is -0.173. The first-order valence-corrected chi connectivity index (χ1v) is 6.26. The van der Waals surface area contributed by atoms with Crippen LogP contribution >= 0.6 is 0 Å². The van der Waals surface area contributed by atoms with Gasteiger partial charge in [-0.2, -0.15) is 0 Å². The SMILES string of the molecule is CN1CCN(C(CN)c2ccc(O)c(O)c2)CC1. The quantitative estimate of drug-likeness (QED) is 0.676. The molecule has 5 nitrogen and oxygen atoms in total. The van der Waals surface area contributed by atoms with Crippen molar-refractivity contribution < 1.29 is 10.2 Å². The molecule has 0 radical (unpaired) electrons. The average Bonchev–Trinajstić information content (AvgIpc) is 2.37. The van der Waals surface area contributed by atoms with Crippen LogP contribution in [0.3, 0.4) is 0 Å². The van der Waals surface area contributed by atoms with Crippen molar-refractivity contribution in [2.45, 2.75) is 6.04 Å². The molecule has 1 atom stereocenters. The zero-order valence-electron chi connectivity index (χ0n) is 10.7. The average molecular weight is 251 g/mol. The number of benzene rings is 1. The number of hydrogen-bond acceptors (Lipinski definition) is 5. The standard InChI is InChI=1S/C13H21N3O2/c1-15-4-6-16(7-5-15)11(9-14)10-2-3-12(17)13(18)8-10/h2-3,8,11,17-18H,4-7,9,14H2,1H3. The van der Waals surface area contributed by atoms with Crippen molar-refractivity contribution in [3.63, 3.8) is 0 Å². The number of phenols is 2. The number of hydrogen-bond donors (Lipinski definition) is 3. The molecule has 2 rings (SSSR count). The van der Waals surface area contributed by atoms with Gasteiger partial charge in [-0.15, -0.1) is 0 Å². The smallest absolute Gasteiger partial charge is 0.157 e. The van der Waals surface area contributed by atoms with Gasteiger partial charge in [-0.1, -0.05) is 6.07 Å². The van der Waals surface area contributed by atoms with Gasteiger partial charge in [0.05, 0.1) is 0 Å². The molecular formula is C13H21N3O2. The summed E-state index contributed by atoms with van der Waals surface area (Å²) in [5.41, 5.74) is 6.81. The van der Waals surface area contributed by atoms with Crippen molar-refractivity contribution in [2.24, 2.45) is 5.73 Å². The molecule has 1 heterocycles. The summed E-state index contributed by atoms with van der Waals surface area (Å²) in [6, 6.07) is 5.05. The molecule has 0 aromatic heterocycles. The Bertz CT molecular complexity index is 403. The fraction of sp³-hybridized carbons (Fsp3) is 0.538. The molecule has 4 N–H and O–H groups in total. The molecule has 0 spiro atoms. The molecule has 100 valence electrons. The third kappa shape index (κ3) is 2.75. The van der Waals surface area contributed by atoms with E-state index < -0.39 is 0 Å². The minimum Gasteiger partial charge on any atom is -0.504 e. The number of nitrogens with two attached hydrogens (primary N) is 1. The van der Waals surface area contributed by atoms with Gasteiger partial charge in [0, 0.05) is 38.8 Å². The van der Waals surface area contributed by atoms with E-state index in [1.165, 1.54) is 6.07 Å². The highest BCUT2D eigenvalue weighted by Gasteiger charge is 2.23. The molecule has 1 aromatic carbocycles. The highest BCUT2D eigenvalue weighted by Crippen LogP contribution is 2.30. The van der Waals surface area contributed by atoms with Gasteiger partial charge in [0.1, 0.15) is 0 Å². The number of rotatable bonds is 3. The molecule has 0 amide bonds. The first kappa shape index (κ1) is 13.1. The van der Waals surface area contributed by atoms with Crippen LogP contribution in [-0.4, -0.2) is 59.8 Å². The molecule has 1 saturated heterocycles. The van der Waals surface area contributed by atoms with Crippen LogP contribution in [0, 0.1) is 0 Å². The lowest BCUT2D eigenvalue weighted by Crippen LogP contribution is -2.47. The van der Waals surface area contributed by atoms with Crippen molar-refractivity contribution in [1.82, 2.24) is 9.80 Å². The highest BCUT2D eigenvalue weighted by molar-refractivity contribution is 5.41. The van der Waals surface area contributed by atoms with Gasteiger partial charge >= 0.3 is 0 Å². The summed E-state index contributed by atoms with van der Waals surface area (Å²) in [6.45, 7) is 4.51. The lowest BCUT2D eigenvalue weighted by molar-refractivity contribution is 0.114. The van der Waals surface area contributed by atoms with Crippen LogP contribution < -0.4 is 5.73 Å². The second-order valence-electron chi connectivity index (χ2n) is 4.84. The van der Waals surface area contributed by atoms with Crippen molar-refractivity contribution in [3.8, 4) is 11.5 Å². The number of phenolic OH excluding ortho intramolecular Hbond substituents is 2. The topological polar surface area (TPSA) is 73.0 Å². The van der Waals surface area contributed by atoms with Crippen LogP contribution in [0.5, 0.6) is 11.5 Å². The second kappa shape index (κ2) is 5.56. The van der Waals surface area contributed by atoms with Gasteiger partial charge in [-0.25, -0.2) is 0 Å². The maximum atomic E-state index is 9.57. The predicted molar refractivity (Wildman–Crippen MR) is 70.6 cm³/mol. The van der Waals surface area contributed by atoms with Crippen LogP contribution in [0.15, 0.2) is 18.2 Å². The zero-order valence-corrected chi connectivity index (χ0v) is 10.7. The van der Waals surface area contributed by atoms with Crippen LogP contribution in [-0.2, 0) is 0 Å². The van der Waals surface area contributed by atoms with E-state index in [1.54, 1.807) is 6.07 Å². The Balaban J connectivity index is 2.14. The fourth-order valence-corrected chi connectivity index (χ4v) is 2.38. The van der Waals surface area contributed by atoms with Gasteiger partial charge in [0.25, 0.3) is 0 Å². The van der Waals surface area contributed by atoms with Gasteiger partial charge < -0.3 is 20.8 Å². The van der Waals surface area contributed by atoms with Crippen LogP contribution in [0.1, 0.15) is 11.6 Å². The van der Waals surface area contributed by atoms with E-state index in [0.29, 0.717) is 6.54 Å². The minimum atomic E-state index is -0.0899. The molecule has 1 fully saturated rings. The Labute approximate surface area is 107 Å². The Morgan fingerprint density at radius 3 is 2.39 bits per heavy atom. The van der Waals surface area contributed by atoms with E-state index in [0.717, 1.165) is 31.7 Å². The van der Waals surface area contributed by atoms with E-state index in [-0.39, 0.29) is 17.5 Å². The highest BCUT2D eigenvalue weighted by atomic mass is 16.3. The lowest BCUT2D eigenvalue weighted by Gasteiger charge is -2.37. The molecule has 18 heavy (non-hydrogen) atoms. The van der Waals surface area contributed by atoms with Crippen molar-refractivity contribution in [1.29, 1.82) is 0 Å². The third-order valence-electron chi connectivity index (χ3n) is 3.59. The maximum Gasteiger partial charge on any atom is 0.157 e. The fourth-order valence-electron chi connectivity index (χ4n) is 2.38. The summed E-state index contributed by atoms with van der Waals surface area (Å²) >= 11 is 0. The van der Waals surface area contributed by atoms with E-state index in [9.17, 15) is 10.2 Å². The van der Waals surface area contributed by atoms with E-state index in [1.807, 2.05) is 6.07 Å². The van der Waals surface area contributed by atoms with Crippen molar-refractivity contribution >= 4 is 0 Å². The normalized spacial score (nSPS) is 19.9. The van der Waals surface area contributed by atoms with Crippen LogP contribution in [0.25, 0.3) is 0 Å². The van der Waals surface area contributed by atoms with Gasteiger partial charge in [-0.3, -0.25) is 4.90 Å². The minimum absolute atomic E-state index is 0.0833. The number of nitrogens with zero attached hydrogens (tertiary/aromatic N) is 2. The molecule has 1 aliphatic heterocycles. The zero-order chi connectivity index (χ0) is 13.1. The predicted octanol–water partition coefficient (Wildman–Crippen LogP) is 0.345. The first-order chi connectivity index (χ1) is 8.61. The number of piperazine rings is 1. The van der Waals surface area contributed by atoms with Gasteiger partial charge in [0.2, 0.25) is 0 Å². The third-order valence-corrected chi connectivity index (χ3v) is 3.59. The van der Waals surface area contributed by atoms with E-state index in [4.69, 9.17) is 5.73 Å². The van der Waals surface area contributed by atoms with Crippen LogP contribution in [0.4, 0.5) is 0 Å². The summed E-state index contributed by atoms with van der Waals surface area (Å²) in [5, 5.41) is 18.9. The summed E-state index contributed by atoms with van der Waals surface area (Å²) in [4.78, 5) is 4.62. The summed E-state index contributed by atoms with van der Waals surface area (Å²) < 4.78 is 0. The van der Waals surface area contributed by atoms with Gasteiger partial charge in [0.15, 0.2) is 11.5 Å². The molecule has 5 heteroatoms. The molecule has 1 unspecified atom stereocenters.